The monoisotopic (exact) mass is 238 g/mol. The fraction of sp³-hybridized carbons (Fsp3) is 0.364. The summed E-state index contributed by atoms with van der Waals surface area (Å²) >= 11 is 7.71. The van der Waals surface area contributed by atoms with Crippen LogP contribution in [0.2, 0.25) is 5.02 Å². The van der Waals surface area contributed by atoms with Crippen molar-refractivity contribution in [3.8, 4) is 0 Å². The van der Waals surface area contributed by atoms with E-state index in [1.165, 1.54) is 9.71 Å². The number of fused-ring (bicyclic) bond motifs is 1. The number of thiazole rings is 1. The normalized spacial score (nSPS) is 16.9. The second-order valence-electron chi connectivity index (χ2n) is 3.95. The van der Waals surface area contributed by atoms with E-state index in [-0.39, 0.29) is 0 Å². The molecule has 0 amide bonds. The summed E-state index contributed by atoms with van der Waals surface area (Å²) < 4.78 is 1.24. The molecule has 0 radical (unpaired) electrons. The Balaban J connectivity index is 1.91. The van der Waals surface area contributed by atoms with Crippen LogP contribution in [-0.4, -0.2) is 18.1 Å². The van der Waals surface area contributed by atoms with Gasteiger partial charge in [0.25, 0.3) is 0 Å². The van der Waals surface area contributed by atoms with Crippen LogP contribution < -0.4 is 5.32 Å². The molecule has 0 spiro atoms. The van der Waals surface area contributed by atoms with Gasteiger partial charge in [-0.15, -0.1) is 11.3 Å². The minimum atomic E-state index is 0.768. The van der Waals surface area contributed by atoms with E-state index >= 15 is 0 Å². The van der Waals surface area contributed by atoms with Crippen LogP contribution in [0.4, 0.5) is 0 Å². The van der Waals surface area contributed by atoms with Gasteiger partial charge >= 0.3 is 0 Å². The molecule has 1 aliphatic heterocycles. The van der Waals surface area contributed by atoms with E-state index in [1.807, 2.05) is 12.1 Å². The van der Waals surface area contributed by atoms with Crippen molar-refractivity contribution < 1.29 is 0 Å². The van der Waals surface area contributed by atoms with Crippen molar-refractivity contribution in [2.75, 3.05) is 13.1 Å². The predicted molar refractivity (Wildman–Crippen MR) is 64.7 cm³/mol. The van der Waals surface area contributed by atoms with Crippen LogP contribution in [0.1, 0.15) is 5.01 Å². The van der Waals surface area contributed by atoms with Crippen LogP contribution >= 0.6 is 22.9 Å². The Bertz CT molecular complexity index is 490. The highest BCUT2D eigenvalue weighted by Crippen LogP contribution is 2.26. The van der Waals surface area contributed by atoms with E-state index in [9.17, 15) is 0 Å². The van der Waals surface area contributed by atoms with Gasteiger partial charge in [0.1, 0.15) is 0 Å². The molecule has 1 aromatic heterocycles. The standard InChI is InChI=1S/C11H11ClN2S/c12-8-1-2-10-9(4-8)14-11(15-10)3-7-5-13-6-7/h1-2,4,7,13H,3,5-6H2. The van der Waals surface area contributed by atoms with Gasteiger partial charge in [0.2, 0.25) is 0 Å². The first-order valence-electron chi connectivity index (χ1n) is 5.07. The number of hydrogen-bond donors (Lipinski definition) is 1. The fourth-order valence-corrected chi connectivity index (χ4v) is 3.00. The van der Waals surface area contributed by atoms with Crippen molar-refractivity contribution in [1.82, 2.24) is 10.3 Å². The highest BCUT2D eigenvalue weighted by atomic mass is 35.5. The van der Waals surface area contributed by atoms with E-state index in [4.69, 9.17) is 11.6 Å². The predicted octanol–water partition coefficient (Wildman–Crippen LogP) is 2.71. The Kier molecular flexibility index (Phi) is 2.39. The van der Waals surface area contributed by atoms with E-state index in [1.54, 1.807) is 11.3 Å². The summed E-state index contributed by atoms with van der Waals surface area (Å²) in [5, 5.41) is 5.28. The van der Waals surface area contributed by atoms with Crippen LogP contribution in [0.25, 0.3) is 10.2 Å². The molecule has 1 saturated heterocycles. The minimum Gasteiger partial charge on any atom is -0.316 e. The summed E-state index contributed by atoms with van der Waals surface area (Å²) in [4.78, 5) is 4.60. The number of benzene rings is 1. The maximum Gasteiger partial charge on any atom is 0.0942 e. The largest absolute Gasteiger partial charge is 0.316 e. The van der Waals surface area contributed by atoms with Gasteiger partial charge in [0.05, 0.1) is 15.2 Å². The third-order valence-electron chi connectivity index (χ3n) is 2.72. The zero-order chi connectivity index (χ0) is 10.3. The van der Waals surface area contributed by atoms with Crippen LogP contribution in [0.5, 0.6) is 0 Å². The Hall–Kier alpha value is -0.640. The molecule has 1 fully saturated rings. The number of hydrogen-bond acceptors (Lipinski definition) is 3. The minimum absolute atomic E-state index is 0.768. The molecule has 1 N–H and O–H groups in total. The summed E-state index contributed by atoms with van der Waals surface area (Å²) in [6.45, 7) is 2.27. The van der Waals surface area contributed by atoms with E-state index in [2.05, 4.69) is 16.4 Å². The van der Waals surface area contributed by atoms with Gasteiger partial charge in [-0.25, -0.2) is 4.98 Å². The van der Waals surface area contributed by atoms with E-state index < -0.39 is 0 Å². The summed E-state index contributed by atoms with van der Waals surface area (Å²) in [7, 11) is 0. The highest BCUT2D eigenvalue weighted by Gasteiger charge is 2.18. The molecular formula is C11H11ClN2S. The topological polar surface area (TPSA) is 24.9 Å². The molecule has 2 nitrogen and oxygen atoms in total. The first kappa shape index (κ1) is 9.58. The zero-order valence-electron chi connectivity index (χ0n) is 8.16. The fourth-order valence-electron chi connectivity index (χ4n) is 1.78. The van der Waals surface area contributed by atoms with Crippen LogP contribution in [0.15, 0.2) is 18.2 Å². The molecule has 0 aliphatic carbocycles. The van der Waals surface area contributed by atoms with E-state index in [0.29, 0.717) is 0 Å². The van der Waals surface area contributed by atoms with Crippen LogP contribution in [0.3, 0.4) is 0 Å². The van der Waals surface area contributed by atoms with Crippen molar-refractivity contribution >= 4 is 33.2 Å². The lowest BCUT2D eigenvalue weighted by atomic mass is 10.0. The molecule has 2 aromatic rings. The molecule has 0 saturated carbocycles. The van der Waals surface area contributed by atoms with Crippen LogP contribution in [0, 0.1) is 5.92 Å². The molecule has 78 valence electrons. The summed E-state index contributed by atoms with van der Waals surface area (Å²) in [6, 6.07) is 5.92. The molecule has 1 aromatic carbocycles. The van der Waals surface area contributed by atoms with Crippen LogP contribution in [-0.2, 0) is 6.42 Å². The van der Waals surface area contributed by atoms with Gasteiger partial charge in [0.15, 0.2) is 0 Å². The molecule has 1 aliphatic rings. The van der Waals surface area contributed by atoms with Gasteiger partial charge in [-0.3, -0.25) is 0 Å². The number of halogens is 1. The average molecular weight is 239 g/mol. The third kappa shape index (κ3) is 1.87. The average Bonchev–Trinajstić information content (AvgIpc) is 2.53. The zero-order valence-corrected chi connectivity index (χ0v) is 9.74. The summed E-state index contributed by atoms with van der Waals surface area (Å²) in [6.07, 6.45) is 1.10. The highest BCUT2D eigenvalue weighted by molar-refractivity contribution is 7.18. The Morgan fingerprint density at radius 3 is 3.07 bits per heavy atom. The van der Waals surface area contributed by atoms with Gasteiger partial charge in [-0.05, 0) is 37.2 Å². The van der Waals surface area contributed by atoms with Gasteiger partial charge in [-0.2, -0.15) is 0 Å². The summed E-state index contributed by atoms with van der Waals surface area (Å²) in [5.74, 6) is 0.779. The molecular weight excluding hydrogens is 228 g/mol. The molecule has 0 unspecified atom stereocenters. The van der Waals surface area contributed by atoms with Crippen molar-refractivity contribution in [2.24, 2.45) is 5.92 Å². The van der Waals surface area contributed by atoms with Crippen molar-refractivity contribution in [3.05, 3.63) is 28.2 Å². The molecule has 15 heavy (non-hydrogen) atoms. The van der Waals surface area contributed by atoms with Gasteiger partial charge in [-0.1, -0.05) is 11.6 Å². The van der Waals surface area contributed by atoms with Crippen molar-refractivity contribution in [3.63, 3.8) is 0 Å². The Morgan fingerprint density at radius 1 is 1.47 bits per heavy atom. The lowest BCUT2D eigenvalue weighted by Gasteiger charge is -2.25. The third-order valence-corrected chi connectivity index (χ3v) is 4.02. The second-order valence-corrected chi connectivity index (χ2v) is 5.50. The number of aromatic nitrogens is 1. The van der Waals surface area contributed by atoms with Gasteiger partial charge in [0, 0.05) is 11.4 Å². The number of nitrogens with one attached hydrogen (secondary N) is 1. The first-order valence-corrected chi connectivity index (χ1v) is 6.26. The first-order chi connectivity index (χ1) is 7.31. The molecule has 3 rings (SSSR count). The Labute approximate surface area is 97.3 Å². The van der Waals surface area contributed by atoms with Crippen molar-refractivity contribution in [1.29, 1.82) is 0 Å². The lowest BCUT2D eigenvalue weighted by molar-refractivity contribution is 0.346. The Morgan fingerprint density at radius 2 is 2.33 bits per heavy atom. The van der Waals surface area contributed by atoms with E-state index in [0.717, 1.165) is 36.0 Å². The SMILES string of the molecule is Clc1ccc2sc(CC3CNC3)nc2c1. The summed E-state index contributed by atoms with van der Waals surface area (Å²) in [5.41, 5.74) is 1.04. The second kappa shape index (κ2) is 3.74. The molecule has 0 bridgehead atoms. The maximum absolute atomic E-state index is 5.93. The molecule has 4 heteroatoms. The maximum atomic E-state index is 5.93. The molecule has 0 atom stereocenters. The quantitative estimate of drug-likeness (QED) is 0.870. The van der Waals surface area contributed by atoms with Crippen molar-refractivity contribution in [2.45, 2.75) is 6.42 Å². The van der Waals surface area contributed by atoms with Gasteiger partial charge < -0.3 is 5.32 Å². The molecule has 2 heterocycles. The lowest BCUT2D eigenvalue weighted by Crippen LogP contribution is -2.43. The number of rotatable bonds is 2. The number of nitrogens with zero attached hydrogens (tertiary/aromatic N) is 1. The smallest absolute Gasteiger partial charge is 0.0942 e.